The molecule has 1 aromatic heterocycles. The molecule has 160 valence electrons. The Kier molecular flexibility index (Phi) is 6.61. The molecule has 0 saturated heterocycles. The van der Waals surface area contributed by atoms with Gasteiger partial charge in [0.25, 0.3) is 5.91 Å². The third-order valence-corrected chi connectivity index (χ3v) is 5.32. The predicted octanol–water partition coefficient (Wildman–Crippen LogP) is 1.93. The molecule has 0 spiro atoms. The van der Waals surface area contributed by atoms with Crippen LogP contribution in [0.1, 0.15) is 34.2 Å². The second kappa shape index (κ2) is 9.17. The van der Waals surface area contributed by atoms with Gasteiger partial charge >= 0.3 is 6.03 Å². The first-order valence-electron chi connectivity index (χ1n) is 9.67. The highest BCUT2D eigenvalue weighted by Gasteiger charge is 2.28. The molecule has 2 heterocycles. The van der Waals surface area contributed by atoms with Gasteiger partial charge in [0.2, 0.25) is 5.91 Å². The molecule has 0 fully saturated rings. The molecule has 3 rings (SSSR count). The number of carbonyl (C=O) groups excluding carboxylic acids is 3. The molecule has 0 radical (unpaired) electrons. The number of fused-ring (bicyclic) bond motifs is 1. The summed E-state index contributed by atoms with van der Waals surface area (Å²) in [6.07, 6.45) is 0.601. The molecule has 9 nitrogen and oxygen atoms in total. The molecule has 0 aliphatic carbocycles. The number of anilines is 1. The number of aromatic nitrogens is 2. The number of urea groups is 1. The maximum atomic E-state index is 12.2. The van der Waals surface area contributed by atoms with Crippen LogP contribution >= 0.6 is 11.6 Å². The van der Waals surface area contributed by atoms with E-state index in [-0.39, 0.29) is 17.8 Å². The standard InChI is InChI=1S/C20H25ClN6O3/c1-12-4-5-16(15(21)10-12)24-20(30)23-7-9-27-17-6-8-26(13(2)28)11-14(17)18(25-27)19(29)22-3/h4-5,10H,6-9,11H2,1-3H3,(H,22,29)(H2,23,24,30). The number of benzene rings is 1. The SMILES string of the molecule is CNC(=O)c1nn(CCNC(=O)Nc2ccc(C)cc2Cl)c2c1CN(C(C)=O)CC2. The highest BCUT2D eigenvalue weighted by Crippen LogP contribution is 2.24. The largest absolute Gasteiger partial charge is 0.354 e. The van der Waals surface area contributed by atoms with Crippen LogP contribution in [0.3, 0.4) is 0 Å². The van der Waals surface area contributed by atoms with E-state index in [9.17, 15) is 14.4 Å². The zero-order valence-electron chi connectivity index (χ0n) is 17.2. The van der Waals surface area contributed by atoms with Crippen LogP contribution in [-0.2, 0) is 24.3 Å². The van der Waals surface area contributed by atoms with Crippen LogP contribution in [0.5, 0.6) is 0 Å². The first-order chi connectivity index (χ1) is 14.3. The summed E-state index contributed by atoms with van der Waals surface area (Å²) in [4.78, 5) is 37.9. The Morgan fingerprint density at radius 1 is 1.27 bits per heavy atom. The number of carbonyl (C=O) groups is 3. The molecular weight excluding hydrogens is 408 g/mol. The molecule has 1 aromatic carbocycles. The molecule has 1 aliphatic heterocycles. The van der Waals surface area contributed by atoms with Crippen molar-refractivity contribution in [1.29, 1.82) is 0 Å². The van der Waals surface area contributed by atoms with E-state index in [1.807, 2.05) is 13.0 Å². The minimum Gasteiger partial charge on any atom is -0.354 e. The summed E-state index contributed by atoms with van der Waals surface area (Å²) >= 11 is 6.14. The smallest absolute Gasteiger partial charge is 0.319 e. The van der Waals surface area contributed by atoms with Gasteiger partial charge in [0, 0.05) is 51.3 Å². The maximum Gasteiger partial charge on any atom is 0.319 e. The molecule has 4 amide bonds. The normalized spacial score (nSPS) is 12.9. The third kappa shape index (κ3) is 4.73. The molecule has 3 N–H and O–H groups in total. The molecule has 30 heavy (non-hydrogen) atoms. The third-order valence-electron chi connectivity index (χ3n) is 5.00. The fourth-order valence-electron chi connectivity index (χ4n) is 3.41. The van der Waals surface area contributed by atoms with Gasteiger partial charge < -0.3 is 20.9 Å². The average Bonchev–Trinajstić information content (AvgIpc) is 3.07. The fraction of sp³-hybridized carbons (Fsp3) is 0.400. The number of rotatable bonds is 5. The highest BCUT2D eigenvalue weighted by atomic mass is 35.5. The molecule has 0 unspecified atom stereocenters. The average molecular weight is 433 g/mol. The van der Waals surface area contributed by atoms with Gasteiger partial charge in [-0.25, -0.2) is 4.79 Å². The van der Waals surface area contributed by atoms with Crippen LogP contribution in [0.25, 0.3) is 0 Å². The van der Waals surface area contributed by atoms with Crippen molar-refractivity contribution < 1.29 is 14.4 Å². The van der Waals surface area contributed by atoms with Crippen molar-refractivity contribution in [3.63, 3.8) is 0 Å². The summed E-state index contributed by atoms with van der Waals surface area (Å²) < 4.78 is 1.73. The second-order valence-corrected chi connectivity index (χ2v) is 7.54. The first kappa shape index (κ1) is 21.6. The molecule has 0 saturated carbocycles. The molecular formula is C20H25ClN6O3. The van der Waals surface area contributed by atoms with Crippen LogP contribution in [0, 0.1) is 6.92 Å². The molecule has 0 bridgehead atoms. The zero-order valence-corrected chi connectivity index (χ0v) is 18.0. The Bertz CT molecular complexity index is 987. The Morgan fingerprint density at radius 2 is 2.03 bits per heavy atom. The minimum absolute atomic E-state index is 0.0376. The van der Waals surface area contributed by atoms with Gasteiger partial charge in [-0.2, -0.15) is 5.10 Å². The monoisotopic (exact) mass is 432 g/mol. The highest BCUT2D eigenvalue weighted by molar-refractivity contribution is 6.33. The van der Waals surface area contributed by atoms with Crippen LogP contribution in [0.15, 0.2) is 18.2 Å². The van der Waals surface area contributed by atoms with Crippen LogP contribution < -0.4 is 16.0 Å². The number of hydrogen-bond acceptors (Lipinski definition) is 4. The molecule has 2 aromatic rings. The van der Waals surface area contributed by atoms with E-state index < -0.39 is 0 Å². The predicted molar refractivity (Wildman–Crippen MR) is 114 cm³/mol. The lowest BCUT2D eigenvalue weighted by Gasteiger charge is -2.26. The van der Waals surface area contributed by atoms with Crippen LogP contribution in [0.2, 0.25) is 5.02 Å². The molecule has 1 aliphatic rings. The van der Waals surface area contributed by atoms with Gasteiger partial charge in [-0.05, 0) is 24.6 Å². The van der Waals surface area contributed by atoms with E-state index in [0.717, 1.165) is 16.8 Å². The quantitative estimate of drug-likeness (QED) is 0.670. The van der Waals surface area contributed by atoms with Crippen molar-refractivity contribution >= 4 is 35.1 Å². The van der Waals surface area contributed by atoms with Gasteiger partial charge in [0.15, 0.2) is 5.69 Å². The van der Waals surface area contributed by atoms with Crippen LogP contribution in [0.4, 0.5) is 10.5 Å². The first-order valence-corrected chi connectivity index (χ1v) is 10.0. The fourth-order valence-corrected chi connectivity index (χ4v) is 3.69. The van der Waals surface area contributed by atoms with Crippen molar-refractivity contribution in [3.05, 3.63) is 45.7 Å². The van der Waals surface area contributed by atoms with Gasteiger partial charge in [-0.3, -0.25) is 14.3 Å². The van der Waals surface area contributed by atoms with E-state index in [2.05, 4.69) is 21.0 Å². The molecule has 0 atom stereocenters. The Morgan fingerprint density at radius 3 is 2.70 bits per heavy atom. The lowest BCUT2D eigenvalue weighted by molar-refractivity contribution is -0.129. The van der Waals surface area contributed by atoms with Crippen molar-refractivity contribution in [3.8, 4) is 0 Å². The number of hydrogen-bond donors (Lipinski definition) is 3. The maximum absolute atomic E-state index is 12.2. The summed E-state index contributed by atoms with van der Waals surface area (Å²) in [5, 5.41) is 13.0. The molecule has 10 heteroatoms. The van der Waals surface area contributed by atoms with Crippen molar-refractivity contribution in [2.45, 2.75) is 33.4 Å². The Hall–Kier alpha value is -3.07. The van der Waals surface area contributed by atoms with E-state index in [1.54, 1.807) is 28.8 Å². The summed E-state index contributed by atoms with van der Waals surface area (Å²) in [6, 6.07) is 5.01. The van der Waals surface area contributed by atoms with Gasteiger partial charge in [-0.15, -0.1) is 0 Å². The second-order valence-electron chi connectivity index (χ2n) is 7.13. The number of nitrogens with zero attached hydrogens (tertiary/aromatic N) is 3. The summed E-state index contributed by atoms with van der Waals surface area (Å²) in [6.45, 7) is 5.07. The number of aryl methyl sites for hydroxylation is 1. The number of halogens is 1. The lowest BCUT2D eigenvalue weighted by Crippen LogP contribution is -2.36. The Labute approximate surface area is 179 Å². The van der Waals surface area contributed by atoms with Gasteiger partial charge in [0.1, 0.15) is 0 Å². The van der Waals surface area contributed by atoms with Crippen molar-refractivity contribution in [2.24, 2.45) is 0 Å². The number of amides is 4. The number of nitrogens with one attached hydrogen (secondary N) is 3. The zero-order chi connectivity index (χ0) is 21.8. The van der Waals surface area contributed by atoms with Gasteiger partial charge in [-0.1, -0.05) is 17.7 Å². The topological polar surface area (TPSA) is 108 Å². The van der Waals surface area contributed by atoms with Crippen molar-refractivity contribution in [2.75, 3.05) is 25.5 Å². The summed E-state index contributed by atoms with van der Waals surface area (Å²) in [5.74, 6) is -0.334. The lowest BCUT2D eigenvalue weighted by atomic mass is 10.0. The Balaban J connectivity index is 1.66. The van der Waals surface area contributed by atoms with Gasteiger partial charge in [0.05, 0.1) is 17.3 Å². The van der Waals surface area contributed by atoms with E-state index in [1.165, 1.54) is 6.92 Å². The minimum atomic E-state index is -0.379. The van der Waals surface area contributed by atoms with E-state index in [0.29, 0.717) is 49.0 Å². The van der Waals surface area contributed by atoms with E-state index in [4.69, 9.17) is 11.6 Å². The van der Waals surface area contributed by atoms with Crippen molar-refractivity contribution in [1.82, 2.24) is 25.3 Å². The van der Waals surface area contributed by atoms with E-state index >= 15 is 0 Å². The summed E-state index contributed by atoms with van der Waals surface area (Å²) in [5.41, 5.74) is 3.52. The van der Waals surface area contributed by atoms with Crippen LogP contribution in [-0.4, -0.2) is 52.7 Å². The summed E-state index contributed by atoms with van der Waals surface area (Å²) in [7, 11) is 1.54.